The number of allylic oxidation sites excluding steroid dienone is 2. The van der Waals surface area contributed by atoms with Crippen molar-refractivity contribution in [2.24, 2.45) is 0 Å². The second-order valence-electron chi connectivity index (χ2n) is 4.13. The molecule has 146 valence electrons. The van der Waals surface area contributed by atoms with Crippen LogP contribution in [0.2, 0.25) is 0 Å². The first-order valence-corrected chi connectivity index (χ1v) is 7.66. The molecule has 0 unspecified atom stereocenters. The van der Waals surface area contributed by atoms with Gasteiger partial charge >= 0.3 is 0 Å². The molecule has 9 heteroatoms. The van der Waals surface area contributed by atoms with Crippen molar-refractivity contribution in [1.82, 2.24) is 0 Å². The molecule has 0 fully saturated rings. The molecule has 0 amide bonds. The van der Waals surface area contributed by atoms with Crippen LogP contribution in [0.1, 0.15) is 49.5 Å². The van der Waals surface area contributed by atoms with E-state index in [0.29, 0.717) is 0 Å². The van der Waals surface area contributed by atoms with Crippen molar-refractivity contribution in [2.75, 3.05) is 5.88 Å². The van der Waals surface area contributed by atoms with E-state index in [1.807, 2.05) is 0 Å². The molecule has 0 heterocycles. The van der Waals surface area contributed by atoms with Gasteiger partial charge in [0.05, 0.1) is 16.7 Å². The molecule has 0 aromatic heterocycles. The quantitative estimate of drug-likeness (QED) is 0.338. The van der Waals surface area contributed by atoms with E-state index in [4.69, 9.17) is 69.6 Å². The van der Waals surface area contributed by atoms with Crippen LogP contribution in [0.5, 0.6) is 0 Å². The van der Waals surface area contributed by atoms with Crippen LogP contribution in [0.3, 0.4) is 0 Å². The fourth-order valence-corrected chi connectivity index (χ4v) is 0.455. The van der Waals surface area contributed by atoms with Crippen LogP contribution in [-0.2, 0) is 0 Å². The van der Waals surface area contributed by atoms with Gasteiger partial charge in [-0.1, -0.05) is 79.4 Å². The van der Waals surface area contributed by atoms with Gasteiger partial charge in [0.2, 0.25) is 0 Å². The average Bonchev–Trinajstić information content (AvgIpc) is 2.09. The third-order valence-electron chi connectivity index (χ3n) is 0.322. The predicted molar refractivity (Wildman–Crippen MR) is 107 cm³/mol. The molecule has 0 atom stereocenters. The number of halogens is 9. The third kappa shape index (κ3) is 207. The van der Waals surface area contributed by atoms with E-state index in [1.165, 1.54) is 34.6 Å². The lowest BCUT2D eigenvalue weighted by molar-refractivity contribution is 0.335. The highest BCUT2D eigenvalue weighted by Gasteiger charge is 2.06. The van der Waals surface area contributed by atoms with Gasteiger partial charge in [0.15, 0.2) is 10.3 Å². The zero-order valence-corrected chi connectivity index (χ0v) is 16.9. The molecular weight excluding hydrogens is 438 g/mol. The summed E-state index contributed by atoms with van der Waals surface area (Å²) in [5.74, 6) is -0.163. The first kappa shape index (κ1) is 39.2. The maximum absolute atomic E-state index is 11.5. The molecule has 0 spiro atoms. The molecular formula is C14H27Cl6F3. The first-order valence-electron chi connectivity index (χ1n) is 5.24. The Kier molecular flexibility index (Phi) is 35.9. The van der Waals surface area contributed by atoms with E-state index in [2.05, 4.69) is 6.58 Å². The molecule has 0 aromatic rings. The second-order valence-corrected chi connectivity index (χ2v) is 7.60. The van der Waals surface area contributed by atoms with Crippen molar-refractivity contribution in [3.63, 3.8) is 0 Å². The summed E-state index contributed by atoms with van der Waals surface area (Å²) >= 11 is 30.5. The summed E-state index contributed by atoms with van der Waals surface area (Å²) in [4.78, 5) is 0. The van der Waals surface area contributed by atoms with E-state index >= 15 is 0 Å². The maximum atomic E-state index is 11.5. The van der Waals surface area contributed by atoms with Gasteiger partial charge in [0.1, 0.15) is 4.49 Å². The lowest BCUT2D eigenvalue weighted by Gasteiger charge is -1.96. The average molecular weight is 465 g/mol. The highest BCUT2D eigenvalue weighted by atomic mass is 35.5. The molecule has 0 radical (unpaired) electrons. The van der Waals surface area contributed by atoms with Crippen molar-refractivity contribution in [2.45, 2.75) is 59.7 Å². The molecule has 0 bridgehead atoms. The van der Waals surface area contributed by atoms with Gasteiger partial charge in [-0.25, -0.2) is 13.2 Å². The molecule has 0 aliphatic rings. The molecule has 0 rings (SSSR count). The summed E-state index contributed by atoms with van der Waals surface area (Å²) in [5, 5.41) is -2.77. The largest absolute Gasteiger partial charge is 0.227 e. The van der Waals surface area contributed by atoms with Crippen LogP contribution in [0.15, 0.2) is 21.9 Å². The monoisotopic (exact) mass is 462 g/mol. The van der Waals surface area contributed by atoms with Gasteiger partial charge in [-0.3, -0.25) is 0 Å². The Morgan fingerprint density at radius 2 is 1.04 bits per heavy atom. The van der Waals surface area contributed by atoms with E-state index in [-0.39, 0.29) is 36.1 Å². The summed E-state index contributed by atoms with van der Waals surface area (Å²) in [6.45, 7) is 9.34. The van der Waals surface area contributed by atoms with Crippen molar-refractivity contribution in [1.29, 1.82) is 0 Å². The van der Waals surface area contributed by atoms with Gasteiger partial charge in [-0.05, 0) is 34.6 Å². The zero-order chi connectivity index (χ0) is 18.4. The molecule has 0 saturated carbocycles. The first-order chi connectivity index (χ1) is 8.91. The van der Waals surface area contributed by atoms with Crippen LogP contribution in [0.25, 0.3) is 0 Å². The Bertz CT molecular complexity index is 262. The topological polar surface area (TPSA) is 0 Å². The summed E-state index contributed by atoms with van der Waals surface area (Å²) in [7, 11) is 0. The minimum absolute atomic E-state index is 0. The van der Waals surface area contributed by atoms with Crippen molar-refractivity contribution < 1.29 is 13.2 Å². The normalized spacial score (nSPS) is 8.96. The standard InChI is InChI=1S/C3H2Cl4.2C3H6ClF.C3H5F.2CH4/c4-1-2(5)3(6)7;2*1-3(2,4)5;1-3(2)4;;/h1H2;2*1-2H3;1H2,2H3;2*1H4. The second kappa shape index (κ2) is 21.1. The van der Waals surface area contributed by atoms with E-state index in [1.54, 1.807) is 0 Å². The lowest BCUT2D eigenvalue weighted by Crippen LogP contribution is -1.96. The molecule has 0 nitrogen and oxygen atoms in total. The van der Waals surface area contributed by atoms with Crippen LogP contribution >= 0.6 is 69.6 Å². The van der Waals surface area contributed by atoms with Gasteiger partial charge in [-0.15, -0.1) is 11.6 Å². The third-order valence-corrected chi connectivity index (χ3v) is 1.70. The van der Waals surface area contributed by atoms with Crippen LogP contribution in [-0.4, -0.2) is 16.1 Å². The zero-order valence-electron chi connectivity index (χ0n) is 12.3. The highest BCUT2D eigenvalue weighted by molar-refractivity contribution is 6.60. The van der Waals surface area contributed by atoms with Gasteiger partial charge in [0.25, 0.3) is 0 Å². The predicted octanol–water partition coefficient (Wildman–Crippen LogP) is 9.73. The highest BCUT2D eigenvalue weighted by Crippen LogP contribution is 2.18. The SMILES string of the molecule is C.C.C=C(C)F.CC(C)(F)Cl.CC(C)(F)Cl.ClCC(Cl)=C(Cl)Cl. The van der Waals surface area contributed by atoms with E-state index in [9.17, 15) is 13.2 Å². The lowest BCUT2D eigenvalue weighted by atomic mass is 10.5. The minimum Gasteiger partial charge on any atom is -0.227 e. The Morgan fingerprint density at radius 3 is 1.04 bits per heavy atom. The fraction of sp³-hybridized carbons (Fsp3) is 0.714. The Labute approximate surface area is 169 Å². The van der Waals surface area contributed by atoms with Gasteiger partial charge in [-0.2, -0.15) is 0 Å². The minimum atomic E-state index is -1.53. The summed E-state index contributed by atoms with van der Waals surface area (Å²) in [5.41, 5.74) is 0. The molecule has 0 aliphatic heterocycles. The smallest absolute Gasteiger partial charge is 0.178 e. The van der Waals surface area contributed by atoms with E-state index in [0.717, 1.165) is 0 Å². The molecule has 0 aliphatic carbocycles. The fourth-order valence-electron chi connectivity index (χ4n) is 0.0505. The van der Waals surface area contributed by atoms with Crippen molar-refractivity contribution in [3.8, 4) is 0 Å². The number of alkyl halides is 5. The summed E-state index contributed by atoms with van der Waals surface area (Å²) in [6, 6.07) is 0. The molecule has 0 aromatic carbocycles. The number of hydrogen-bond donors (Lipinski definition) is 0. The van der Waals surface area contributed by atoms with Crippen LogP contribution < -0.4 is 0 Å². The van der Waals surface area contributed by atoms with Crippen LogP contribution in [0, 0.1) is 0 Å². The maximum Gasteiger partial charge on any atom is 0.178 e. The summed E-state index contributed by atoms with van der Waals surface area (Å²) < 4.78 is 33.8. The van der Waals surface area contributed by atoms with Gasteiger partial charge < -0.3 is 0 Å². The number of hydrogen-bond acceptors (Lipinski definition) is 0. The van der Waals surface area contributed by atoms with Gasteiger partial charge in [0, 0.05) is 0 Å². The van der Waals surface area contributed by atoms with Crippen molar-refractivity contribution >= 4 is 69.6 Å². The van der Waals surface area contributed by atoms with Crippen LogP contribution in [0.4, 0.5) is 13.2 Å². The Balaban J connectivity index is -0.0000000415. The van der Waals surface area contributed by atoms with E-state index < -0.39 is 10.3 Å². The Hall–Kier alpha value is 1.01. The Morgan fingerprint density at radius 1 is 0.913 bits per heavy atom. The molecule has 23 heavy (non-hydrogen) atoms. The number of rotatable bonds is 1. The molecule has 0 N–H and O–H groups in total. The van der Waals surface area contributed by atoms with Crippen molar-refractivity contribution in [3.05, 3.63) is 21.9 Å². The molecule has 0 saturated heterocycles. The summed E-state index contributed by atoms with van der Waals surface area (Å²) in [6.07, 6.45) is 0.